The van der Waals surface area contributed by atoms with Crippen molar-refractivity contribution >= 4 is 16.9 Å². The molecule has 5 heteroatoms. The van der Waals surface area contributed by atoms with E-state index < -0.39 is 0 Å². The van der Waals surface area contributed by atoms with Gasteiger partial charge in [-0.2, -0.15) is 0 Å². The van der Waals surface area contributed by atoms with Gasteiger partial charge in [0.15, 0.2) is 0 Å². The molecule has 1 N–H and O–H groups in total. The van der Waals surface area contributed by atoms with Crippen LogP contribution in [-0.4, -0.2) is 22.6 Å². The Morgan fingerprint density at radius 2 is 2.08 bits per heavy atom. The first-order valence-electron chi connectivity index (χ1n) is 7.96. The van der Waals surface area contributed by atoms with Crippen LogP contribution in [0.3, 0.4) is 0 Å². The van der Waals surface area contributed by atoms with E-state index in [-0.39, 0.29) is 5.91 Å². The molecule has 0 atom stereocenters. The van der Waals surface area contributed by atoms with E-state index in [2.05, 4.69) is 34.8 Å². The largest absolute Gasteiger partial charge is 0.497 e. The van der Waals surface area contributed by atoms with Crippen molar-refractivity contribution in [2.24, 2.45) is 0 Å². The molecule has 0 aliphatic heterocycles. The number of imidazole rings is 1. The van der Waals surface area contributed by atoms with Gasteiger partial charge in [0.2, 0.25) is 0 Å². The van der Waals surface area contributed by atoms with Crippen LogP contribution in [0.1, 0.15) is 35.8 Å². The SMILES string of the molecule is COc1cccc(C(=O)NCc2ccc3c(c2)ncn3C(C)C)c1. The summed E-state index contributed by atoms with van der Waals surface area (Å²) in [5, 5.41) is 2.93. The molecule has 0 aliphatic carbocycles. The second kappa shape index (κ2) is 6.74. The van der Waals surface area contributed by atoms with E-state index in [0.717, 1.165) is 16.6 Å². The number of nitrogens with one attached hydrogen (secondary N) is 1. The number of rotatable bonds is 5. The normalized spacial score (nSPS) is 11.0. The van der Waals surface area contributed by atoms with Crippen molar-refractivity contribution < 1.29 is 9.53 Å². The minimum absolute atomic E-state index is 0.123. The highest BCUT2D eigenvalue weighted by atomic mass is 16.5. The van der Waals surface area contributed by atoms with Crippen LogP contribution in [0.4, 0.5) is 0 Å². The van der Waals surface area contributed by atoms with Crippen LogP contribution >= 0.6 is 0 Å². The highest BCUT2D eigenvalue weighted by molar-refractivity contribution is 5.94. The van der Waals surface area contributed by atoms with Crippen LogP contribution in [0.25, 0.3) is 11.0 Å². The van der Waals surface area contributed by atoms with Gasteiger partial charge >= 0.3 is 0 Å². The number of carbonyl (C=O) groups excluding carboxylic acids is 1. The number of ether oxygens (including phenoxy) is 1. The van der Waals surface area contributed by atoms with Gasteiger partial charge < -0.3 is 14.6 Å². The molecule has 0 unspecified atom stereocenters. The van der Waals surface area contributed by atoms with Gasteiger partial charge in [-0.1, -0.05) is 12.1 Å². The summed E-state index contributed by atoms with van der Waals surface area (Å²) in [5.74, 6) is 0.546. The molecule has 0 spiro atoms. The average molecular weight is 323 g/mol. The van der Waals surface area contributed by atoms with Gasteiger partial charge in [0.25, 0.3) is 5.91 Å². The van der Waals surface area contributed by atoms with Crippen molar-refractivity contribution in [3.63, 3.8) is 0 Å². The highest BCUT2D eigenvalue weighted by Gasteiger charge is 2.09. The molecule has 124 valence electrons. The second-order valence-electron chi connectivity index (χ2n) is 5.98. The predicted molar refractivity (Wildman–Crippen MR) is 94.3 cm³/mol. The van der Waals surface area contributed by atoms with Crippen LogP contribution in [0.2, 0.25) is 0 Å². The minimum Gasteiger partial charge on any atom is -0.497 e. The minimum atomic E-state index is -0.123. The smallest absolute Gasteiger partial charge is 0.251 e. The lowest BCUT2D eigenvalue weighted by Gasteiger charge is -2.09. The average Bonchev–Trinajstić information content (AvgIpc) is 3.03. The standard InChI is InChI=1S/C19H21N3O2/c1-13(2)22-12-21-17-9-14(7-8-18(17)22)11-20-19(23)15-5-4-6-16(10-15)24-3/h4-10,12-13H,11H2,1-3H3,(H,20,23). The topological polar surface area (TPSA) is 56.1 Å². The van der Waals surface area contributed by atoms with E-state index in [9.17, 15) is 4.79 Å². The Bertz CT molecular complexity index is 868. The third-order valence-electron chi connectivity index (χ3n) is 3.98. The van der Waals surface area contributed by atoms with Crippen LogP contribution in [-0.2, 0) is 6.54 Å². The summed E-state index contributed by atoms with van der Waals surface area (Å²) in [4.78, 5) is 16.7. The molecule has 5 nitrogen and oxygen atoms in total. The molecule has 2 aromatic carbocycles. The first-order chi connectivity index (χ1) is 11.6. The number of amides is 1. The number of hydrogen-bond acceptors (Lipinski definition) is 3. The van der Waals surface area contributed by atoms with E-state index in [0.29, 0.717) is 23.9 Å². The fourth-order valence-electron chi connectivity index (χ4n) is 2.65. The van der Waals surface area contributed by atoms with Gasteiger partial charge in [0, 0.05) is 18.2 Å². The lowest BCUT2D eigenvalue weighted by Crippen LogP contribution is -2.22. The lowest BCUT2D eigenvalue weighted by atomic mass is 10.1. The van der Waals surface area contributed by atoms with Gasteiger partial charge in [0.05, 0.1) is 24.5 Å². The summed E-state index contributed by atoms with van der Waals surface area (Å²) < 4.78 is 7.28. The monoisotopic (exact) mass is 323 g/mol. The maximum absolute atomic E-state index is 12.3. The second-order valence-corrected chi connectivity index (χ2v) is 5.98. The molecule has 3 aromatic rings. The molecule has 1 heterocycles. The fourth-order valence-corrected chi connectivity index (χ4v) is 2.65. The summed E-state index contributed by atoms with van der Waals surface area (Å²) in [6.45, 7) is 4.72. The number of benzene rings is 2. The van der Waals surface area contributed by atoms with Crippen molar-refractivity contribution in [3.05, 3.63) is 59.9 Å². The van der Waals surface area contributed by atoms with Crippen molar-refractivity contribution in [3.8, 4) is 5.75 Å². The molecule has 0 aliphatic rings. The first kappa shape index (κ1) is 16.1. The van der Waals surface area contributed by atoms with Gasteiger partial charge in [-0.25, -0.2) is 4.98 Å². The molecule has 1 aromatic heterocycles. The summed E-state index contributed by atoms with van der Waals surface area (Å²) in [7, 11) is 1.59. The van der Waals surface area contributed by atoms with Gasteiger partial charge in [-0.05, 0) is 49.7 Å². The van der Waals surface area contributed by atoms with Gasteiger partial charge in [0.1, 0.15) is 5.75 Å². The number of carbonyl (C=O) groups is 1. The third-order valence-corrected chi connectivity index (χ3v) is 3.98. The third kappa shape index (κ3) is 3.25. The van der Waals surface area contributed by atoms with Crippen LogP contribution in [0, 0.1) is 0 Å². The van der Waals surface area contributed by atoms with Gasteiger partial charge in [-0.15, -0.1) is 0 Å². The Morgan fingerprint density at radius 1 is 1.25 bits per heavy atom. The number of hydrogen-bond donors (Lipinski definition) is 1. The number of nitrogens with zero attached hydrogens (tertiary/aromatic N) is 2. The predicted octanol–water partition coefficient (Wildman–Crippen LogP) is 3.56. The zero-order valence-corrected chi connectivity index (χ0v) is 14.1. The number of fused-ring (bicyclic) bond motifs is 1. The molecule has 0 saturated heterocycles. The van der Waals surface area contributed by atoms with Crippen LogP contribution < -0.4 is 10.1 Å². The fraction of sp³-hybridized carbons (Fsp3) is 0.263. The highest BCUT2D eigenvalue weighted by Crippen LogP contribution is 2.19. The van der Waals surface area contributed by atoms with Crippen molar-refractivity contribution in [2.45, 2.75) is 26.4 Å². The molecule has 0 saturated carbocycles. The van der Waals surface area contributed by atoms with Crippen molar-refractivity contribution in [1.82, 2.24) is 14.9 Å². The Balaban J connectivity index is 1.72. The molecule has 0 radical (unpaired) electrons. The van der Waals surface area contributed by atoms with E-state index in [1.807, 2.05) is 24.5 Å². The summed E-state index contributed by atoms with van der Waals surface area (Å²) in [6.07, 6.45) is 1.86. The Kier molecular flexibility index (Phi) is 4.51. The Morgan fingerprint density at radius 3 is 2.83 bits per heavy atom. The van der Waals surface area contributed by atoms with E-state index in [4.69, 9.17) is 4.74 Å². The van der Waals surface area contributed by atoms with E-state index >= 15 is 0 Å². The summed E-state index contributed by atoms with van der Waals surface area (Å²) in [5.41, 5.74) is 3.65. The Labute approximate surface area is 141 Å². The zero-order chi connectivity index (χ0) is 17.1. The number of aromatic nitrogens is 2. The maximum Gasteiger partial charge on any atom is 0.251 e. The lowest BCUT2D eigenvalue weighted by molar-refractivity contribution is 0.0950. The molecule has 1 amide bonds. The van der Waals surface area contributed by atoms with E-state index in [1.165, 1.54) is 0 Å². The van der Waals surface area contributed by atoms with Crippen molar-refractivity contribution in [2.75, 3.05) is 7.11 Å². The van der Waals surface area contributed by atoms with Crippen LogP contribution in [0.15, 0.2) is 48.8 Å². The molecule has 3 rings (SSSR count). The van der Waals surface area contributed by atoms with Crippen LogP contribution in [0.5, 0.6) is 5.75 Å². The molecular weight excluding hydrogens is 302 g/mol. The molecule has 24 heavy (non-hydrogen) atoms. The quantitative estimate of drug-likeness (QED) is 0.781. The van der Waals surface area contributed by atoms with E-state index in [1.54, 1.807) is 25.3 Å². The summed E-state index contributed by atoms with van der Waals surface area (Å²) >= 11 is 0. The maximum atomic E-state index is 12.3. The van der Waals surface area contributed by atoms with Gasteiger partial charge in [-0.3, -0.25) is 4.79 Å². The molecule has 0 fully saturated rings. The number of methoxy groups -OCH3 is 1. The molecule has 0 bridgehead atoms. The Hall–Kier alpha value is -2.82. The molecular formula is C19H21N3O2. The summed E-state index contributed by atoms with van der Waals surface area (Å²) in [6, 6.07) is 13.6. The first-order valence-corrected chi connectivity index (χ1v) is 7.96. The zero-order valence-electron chi connectivity index (χ0n) is 14.1. The van der Waals surface area contributed by atoms with Crippen molar-refractivity contribution in [1.29, 1.82) is 0 Å².